The highest BCUT2D eigenvalue weighted by Crippen LogP contribution is 2.36. The molecular formula is C23H26N4O2S. The fourth-order valence-corrected chi connectivity index (χ4v) is 4.47. The summed E-state index contributed by atoms with van der Waals surface area (Å²) >= 11 is 1.57. The van der Waals surface area contributed by atoms with E-state index >= 15 is 0 Å². The Morgan fingerprint density at radius 2 is 1.93 bits per heavy atom. The number of aryl methyl sites for hydroxylation is 1. The van der Waals surface area contributed by atoms with Crippen LogP contribution < -0.4 is 10.2 Å². The lowest BCUT2D eigenvalue weighted by Crippen LogP contribution is -2.66. The van der Waals surface area contributed by atoms with Crippen LogP contribution in [-0.4, -0.2) is 32.7 Å². The molecule has 0 saturated carbocycles. The van der Waals surface area contributed by atoms with Crippen molar-refractivity contribution in [2.75, 3.05) is 4.90 Å². The highest BCUT2D eigenvalue weighted by Gasteiger charge is 2.49. The summed E-state index contributed by atoms with van der Waals surface area (Å²) in [6, 6.07) is 13.4. The van der Waals surface area contributed by atoms with E-state index in [-0.39, 0.29) is 18.4 Å². The fraction of sp³-hybridized carbons (Fsp3) is 0.348. The maximum Gasteiger partial charge on any atom is 0.277 e. The minimum atomic E-state index is -1.12. The predicted molar refractivity (Wildman–Crippen MR) is 120 cm³/mol. The van der Waals surface area contributed by atoms with Gasteiger partial charge in [0.2, 0.25) is 5.91 Å². The second-order valence-electron chi connectivity index (χ2n) is 8.95. The Morgan fingerprint density at radius 1 is 1.20 bits per heavy atom. The number of benzene rings is 1. The van der Waals surface area contributed by atoms with Crippen molar-refractivity contribution in [3.8, 4) is 10.6 Å². The lowest BCUT2D eigenvalue weighted by molar-refractivity contribution is -0.128. The quantitative estimate of drug-likeness (QED) is 0.686. The number of hydrogen-bond donors (Lipinski definition) is 1. The molecule has 0 radical (unpaired) electrons. The Kier molecular flexibility index (Phi) is 4.81. The summed E-state index contributed by atoms with van der Waals surface area (Å²) in [7, 11) is 0. The van der Waals surface area contributed by atoms with Gasteiger partial charge >= 0.3 is 0 Å². The van der Waals surface area contributed by atoms with Crippen LogP contribution in [0.5, 0.6) is 0 Å². The molecule has 156 valence electrons. The number of thiophene rings is 1. The van der Waals surface area contributed by atoms with E-state index in [1.54, 1.807) is 20.9 Å². The van der Waals surface area contributed by atoms with E-state index in [0.29, 0.717) is 5.69 Å². The molecule has 1 atom stereocenters. The topological polar surface area (TPSA) is 67.2 Å². The first-order valence-corrected chi connectivity index (χ1v) is 10.8. The van der Waals surface area contributed by atoms with Crippen LogP contribution >= 0.6 is 11.3 Å². The molecule has 1 N–H and O–H groups in total. The number of rotatable bonds is 3. The molecule has 6 nitrogen and oxygen atoms in total. The maximum atomic E-state index is 13.7. The second-order valence-corrected chi connectivity index (χ2v) is 9.90. The van der Waals surface area contributed by atoms with Gasteiger partial charge in [0.25, 0.3) is 5.91 Å². The fourth-order valence-electron chi connectivity index (χ4n) is 3.79. The van der Waals surface area contributed by atoms with E-state index in [4.69, 9.17) is 0 Å². The first-order chi connectivity index (χ1) is 14.1. The Hall–Kier alpha value is -2.93. The Morgan fingerprint density at radius 3 is 2.57 bits per heavy atom. The van der Waals surface area contributed by atoms with Gasteiger partial charge in [-0.05, 0) is 63.8 Å². The van der Waals surface area contributed by atoms with Gasteiger partial charge in [-0.2, -0.15) is 5.10 Å². The van der Waals surface area contributed by atoms with E-state index in [1.165, 1.54) is 0 Å². The van der Waals surface area contributed by atoms with Crippen molar-refractivity contribution in [2.24, 2.45) is 0 Å². The third-order valence-electron chi connectivity index (χ3n) is 5.26. The Balaban J connectivity index is 1.86. The standard InChI is InChI=1S/C23H26N4O2S/c1-15-9-6-7-10-17(15)27-20(28)18-13-16(19-11-8-12-30-19)25-26(18)14-23(27,5)21(29)24-22(2,3)4/h6-13H,14H2,1-5H3,(H,24,29)/t23-/m0/s1. The van der Waals surface area contributed by atoms with Gasteiger partial charge in [-0.1, -0.05) is 24.3 Å². The monoisotopic (exact) mass is 422 g/mol. The van der Waals surface area contributed by atoms with Crippen molar-refractivity contribution in [1.82, 2.24) is 15.1 Å². The number of amides is 2. The lowest BCUT2D eigenvalue weighted by Gasteiger charge is -2.44. The molecule has 2 aromatic heterocycles. The van der Waals surface area contributed by atoms with Crippen molar-refractivity contribution in [2.45, 2.75) is 52.2 Å². The van der Waals surface area contributed by atoms with Gasteiger partial charge in [-0.3, -0.25) is 19.2 Å². The van der Waals surface area contributed by atoms with Crippen LogP contribution in [0.2, 0.25) is 0 Å². The summed E-state index contributed by atoms with van der Waals surface area (Å²) in [5.41, 5.74) is 1.36. The van der Waals surface area contributed by atoms with Crippen LogP contribution in [0.1, 0.15) is 43.7 Å². The SMILES string of the molecule is Cc1ccccc1N1C(=O)c2cc(-c3cccs3)nn2C[C@@]1(C)C(=O)NC(C)(C)C. The lowest BCUT2D eigenvalue weighted by atomic mass is 9.92. The zero-order valence-electron chi connectivity index (χ0n) is 17.9. The first-order valence-electron chi connectivity index (χ1n) is 9.95. The maximum absolute atomic E-state index is 13.7. The molecular weight excluding hydrogens is 396 g/mol. The Labute approximate surface area is 180 Å². The molecule has 0 spiro atoms. The number of carbonyl (C=O) groups excluding carboxylic acids is 2. The number of carbonyl (C=O) groups is 2. The molecule has 0 fully saturated rings. The molecule has 1 aliphatic heterocycles. The molecule has 0 bridgehead atoms. The average Bonchev–Trinajstić information content (AvgIpc) is 3.31. The summed E-state index contributed by atoms with van der Waals surface area (Å²) < 4.78 is 1.67. The van der Waals surface area contributed by atoms with Crippen molar-refractivity contribution >= 4 is 28.8 Å². The number of para-hydroxylation sites is 1. The summed E-state index contributed by atoms with van der Waals surface area (Å²) in [5.74, 6) is -0.428. The van der Waals surface area contributed by atoms with E-state index in [1.807, 2.05) is 82.5 Å². The van der Waals surface area contributed by atoms with Gasteiger partial charge in [0.05, 0.1) is 11.4 Å². The predicted octanol–water partition coefficient (Wildman–Crippen LogP) is 4.25. The second kappa shape index (κ2) is 7.09. The third-order valence-corrected chi connectivity index (χ3v) is 6.15. The van der Waals surface area contributed by atoms with Crippen LogP contribution in [-0.2, 0) is 11.3 Å². The number of anilines is 1. The molecule has 2 amide bonds. The summed E-state index contributed by atoms with van der Waals surface area (Å²) in [6.45, 7) is 9.85. The van der Waals surface area contributed by atoms with Crippen LogP contribution in [0.3, 0.4) is 0 Å². The number of fused-ring (bicyclic) bond motifs is 1. The molecule has 30 heavy (non-hydrogen) atoms. The van der Waals surface area contributed by atoms with Gasteiger partial charge in [-0.25, -0.2) is 0 Å². The van der Waals surface area contributed by atoms with Crippen LogP contribution in [0.15, 0.2) is 47.8 Å². The van der Waals surface area contributed by atoms with Crippen molar-refractivity contribution in [1.29, 1.82) is 0 Å². The van der Waals surface area contributed by atoms with E-state index in [2.05, 4.69) is 10.4 Å². The van der Waals surface area contributed by atoms with E-state index in [9.17, 15) is 9.59 Å². The minimum absolute atomic E-state index is 0.203. The highest BCUT2D eigenvalue weighted by molar-refractivity contribution is 7.13. The third kappa shape index (κ3) is 3.43. The summed E-state index contributed by atoms with van der Waals surface area (Å²) in [5, 5.41) is 9.71. The first kappa shape index (κ1) is 20.3. The summed E-state index contributed by atoms with van der Waals surface area (Å²) in [6.07, 6.45) is 0. The largest absolute Gasteiger partial charge is 0.349 e. The van der Waals surface area contributed by atoms with Gasteiger partial charge in [-0.15, -0.1) is 11.3 Å². The zero-order chi connectivity index (χ0) is 21.7. The van der Waals surface area contributed by atoms with Crippen LogP contribution in [0.4, 0.5) is 5.69 Å². The van der Waals surface area contributed by atoms with Gasteiger partial charge < -0.3 is 5.32 Å². The smallest absolute Gasteiger partial charge is 0.277 e. The minimum Gasteiger partial charge on any atom is -0.349 e. The van der Waals surface area contributed by atoms with Crippen molar-refractivity contribution in [3.63, 3.8) is 0 Å². The number of nitrogens with one attached hydrogen (secondary N) is 1. The van der Waals surface area contributed by atoms with Gasteiger partial charge in [0.1, 0.15) is 16.9 Å². The molecule has 7 heteroatoms. The molecule has 1 aromatic carbocycles. The molecule has 0 unspecified atom stereocenters. The molecule has 0 saturated heterocycles. The van der Waals surface area contributed by atoms with Crippen LogP contribution in [0, 0.1) is 6.92 Å². The molecule has 3 heterocycles. The van der Waals surface area contributed by atoms with Gasteiger partial charge in [0.15, 0.2) is 0 Å². The van der Waals surface area contributed by atoms with E-state index < -0.39 is 11.1 Å². The number of aromatic nitrogens is 2. The number of hydrogen-bond acceptors (Lipinski definition) is 4. The van der Waals surface area contributed by atoms with Gasteiger partial charge in [0, 0.05) is 11.2 Å². The normalized spacial score (nSPS) is 19.0. The van der Waals surface area contributed by atoms with Crippen LogP contribution in [0.25, 0.3) is 10.6 Å². The molecule has 1 aliphatic rings. The van der Waals surface area contributed by atoms with E-state index in [0.717, 1.165) is 21.8 Å². The Bertz CT molecular complexity index is 1110. The highest BCUT2D eigenvalue weighted by atomic mass is 32.1. The zero-order valence-corrected chi connectivity index (χ0v) is 18.7. The number of nitrogens with zero attached hydrogens (tertiary/aromatic N) is 3. The van der Waals surface area contributed by atoms with Crippen molar-refractivity contribution < 1.29 is 9.59 Å². The molecule has 4 rings (SSSR count). The average molecular weight is 423 g/mol. The summed E-state index contributed by atoms with van der Waals surface area (Å²) in [4.78, 5) is 29.8. The van der Waals surface area contributed by atoms with Crippen molar-refractivity contribution in [3.05, 3.63) is 59.1 Å². The molecule has 0 aliphatic carbocycles. The molecule has 3 aromatic rings.